The molecule has 1 aliphatic heterocycles. The molecular formula is C19H22ClN3O4S2. The van der Waals surface area contributed by atoms with E-state index in [9.17, 15) is 18.0 Å². The van der Waals surface area contributed by atoms with Gasteiger partial charge in [0.15, 0.2) is 0 Å². The van der Waals surface area contributed by atoms with Gasteiger partial charge in [-0.25, -0.2) is 8.42 Å². The van der Waals surface area contributed by atoms with Gasteiger partial charge in [-0.05, 0) is 42.8 Å². The summed E-state index contributed by atoms with van der Waals surface area (Å²) in [6.45, 7) is 0.668. The molecule has 1 atom stereocenters. The van der Waals surface area contributed by atoms with Gasteiger partial charge in [-0.1, -0.05) is 36.2 Å². The van der Waals surface area contributed by atoms with E-state index in [1.54, 1.807) is 41.8 Å². The lowest BCUT2D eigenvalue weighted by atomic mass is 10.0. The number of rotatable bonds is 6. The maximum atomic E-state index is 12.9. The number of sulfonamides is 1. The van der Waals surface area contributed by atoms with Crippen molar-refractivity contribution in [1.82, 2.24) is 9.62 Å². The first-order valence-electron chi connectivity index (χ1n) is 9.28. The molecule has 156 valence electrons. The minimum absolute atomic E-state index is 0.204. The summed E-state index contributed by atoms with van der Waals surface area (Å²) >= 11 is 7.17. The van der Waals surface area contributed by atoms with Crippen molar-refractivity contribution in [2.75, 3.05) is 18.4 Å². The summed E-state index contributed by atoms with van der Waals surface area (Å²) in [5.41, 5.74) is 0.356. The fraction of sp³-hybridized carbons (Fsp3) is 0.368. The lowest BCUT2D eigenvalue weighted by molar-refractivity contribution is -0.136. The minimum Gasteiger partial charge on any atom is -0.348 e. The number of carbonyl (C=O) groups excluding carboxylic acids is 2. The molecule has 0 unspecified atom stereocenters. The lowest BCUT2D eigenvalue weighted by Gasteiger charge is -2.34. The highest BCUT2D eigenvalue weighted by Crippen LogP contribution is 2.29. The highest BCUT2D eigenvalue weighted by atomic mass is 35.5. The molecule has 2 heterocycles. The van der Waals surface area contributed by atoms with E-state index in [0.717, 1.165) is 19.3 Å². The Morgan fingerprint density at radius 1 is 1.14 bits per heavy atom. The van der Waals surface area contributed by atoms with E-state index in [-0.39, 0.29) is 12.6 Å². The van der Waals surface area contributed by atoms with Gasteiger partial charge in [-0.3, -0.25) is 9.59 Å². The van der Waals surface area contributed by atoms with Gasteiger partial charge in [0, 0.05) is 19.1 Å². The quantitative estimate of drug-likeness (QED) is 0.654. The standard InChI is InChI=1S/C19H22ClN3O4S2/c20-15-7-1-2-8-16(15)22-19(25)18(24)21-11-10-14-6-3-4-12-23(14)29(26,27)17-9-5-13-28-17/h1-2,5,7-9,13-14H,3-4,6,10-12H2,(H,21,24)(H,22,25)/t14-/m1/s1. The van der Waals surface area contributed by atoms with Crippen LogP contribution in [-0.4, -0.2) is 43.7 Å². The molecule has 3 rings (SSSR count). The Labute approximate surface area is 179 Å². The second-order valence-corrected chi connectivity index (χ2v) is 10.1. The van der Waals surface area contributed by atoms with E-state index < -0.39 is 21.8 Å². The number of nitrogens with zero attached hydrogens (tertiary/aromatic N) is 1. The van der Waals surface area contributed by atoms with Crippen molar-refractivity contribution in [3.05, 3.63) is 46.8 Å². The molecule has 1 fully saturated rings. The molecule has 1 saturated heterocycles. The zero-order valence-electron chi connectivity index (χ0n) is 15.6. The molecule has 0 aliphatic carbocycles. The zero-order valence-corrected chi connectivity index (χ0v) is 18.0. The molecule has 29 heavy (non-hydrogen) atoms. The van der Waals surface area contributed by atoms with E-state index in [1.165, 1.54) is 15.6 Å². The number of nitrogens with one attached hydrogen (secondary N) is 2. The van der Waals surface area contributed by atoms with Crippen LogP contribution in [0.15, 0.2) is 46.0 Å². The number of hydrogen-bond donors (Lipinski definition) is 2. The highest BCUT2D eigenvalue weighted by Gasteiger charge is 2.33. The van der Waals surface area contributed by atoms with Crippen molar-refractivity contribution in [1.29, 1.82) is 0 Å². The molecule has 2 amide bonds. The van der Waals surface area contributed by atoms with Gasteiger partial charge in [0.25, 0.3) is 10.0 Å². The van der Waals surface area contributed by atoms with Crippen molar-refractivity contribution in [2.24, 2.45) is 0 Å². The summed E-state index contributed by atoms with van der Waals surface area (Å²) in [5, 5.41) is 7.10. The largest absolute Gasteiger partial charge is 0.348 e. The Kier molecular flexibility index (Phi) is 7.28. The van der Waals surface area contributed by atoms with Gasteiger partial charge in [-0.2, -0.15) is 4.31 Å². The Bertz CT molecular complexity index is 964. The van der Waals surface area contributed by atoms with Crippen molar-refractivity contribution in [2.45, 2.75) is 35.9 Å². The predicted molar refractivity (Wildman–Crippen MR) is 114 cm³/mol. The van der Waals surface area contributed by atoms with Crippen LogP contribution in [0.3, 0.4) is 0 Å². The third-order valence-electron chi connectivity index (χ3n) is 4.72. The lowest BCUT2D eigenvalue weighted by Crippen LogP contribution is -2.45. The molecule has 1 aliphatic rings. The summed E-state index contributed by atoms with van der Waals surface area (Å²) in [6.07, 6.45) is 2.91. The van der Waals surface area contributed by atoms with Gasteiger partial charge < -0.3 is 10.6 Å². The number of carbonyl (C=O) groups is 2. The molecule has 0 saturated carbocycles. The number of halogens is 1. The molecular weight excluding hydrogens is 434 g/mol. The van der Waals surface area contributed by atoms with Crippen LogP contribution in [0.25, 0.3) is 0 Å². The summed E-state index contributed by atoms with van der Waals surface area (Å²) in [7, 11) is -3.54. The van der Waals surface area contributed by atoms with Crippen molar-refractivity contribution >= 4 is 50.5 Å². The van der Waals surface area contributed by atoms with Gasteiger partial charge >= 0.3 is 11.8 Å². The Morgan fingerprint density at radius 2 is 1.93 bits per heavy atom. The normalized spacial score (nSPS) is 17.6. The topological polar surface area (TPSA) is 95.6 Å². The molecule has 1 aromatic carbocycles. The van der Waals surface area contributed by atoms with Gasteiger partial charge in [0.2, 0.25) is 0 Å². The number of thiophene rings is 1. The first kappa shape index (κ1) is 21.8. The van der Waals surface area contributed by atoms with Gasteiger partial charge in [-0.15, -0.1) is 11.3 Å². The molecule has 0 radical (unpaired) electrons. The average molecular weight is 456 g/mol. The Balaban J connectivity index is 1.55. The van der Waals surface area contributed by atoms with E-state index in [1.807, 2.05) is 0 Å². The minimum atomic E-state index is -3.54. The van der Waals surface area contributed by atoms with Crippen LogP contribution < -0.4 is 10.6 Å². The van der Waals surface area contributed by atoms with Crippen molar-refractivity contribution in [3.63, 3.8) is 0 Å². The van der Waals surface area contributed by atoms with Crippen LogP contribution in [0.5, 0.6) is 0 Å². The number of piperidine rings is 1. The van der Waals surface area contributed by atoms with Gasteiger partial charge in [0.1, 0.15) is 4.21 Å². The summed E-state index contributed by atoms with van der Waals surface area (Å²) in [5.74, 6) is -1.60. The number of hydrogen-bond acceptors (Lipinski definition) is 5. The van der Waals surface area contributed by atoms with Gasteiger partial charge in [0.05, 0.1) is 10.7 Å². The maximum Gasteiger partial charge on any atom is 0.313 e. The van der Waals surface area contributed by atoms with Crippen LogP contribution in [0, 0.1) is 0 Å². The highest BCUT2D eigenvalue weighted by molar-refractivity contribution is 7.91. The number of amides is 2. The second-order valence-electron chi connectivity index (χ2n) is 6.68. The summed E-state index contributed by atoms with van der Waals surface area (Å²) in [4.78, 5) is 24.1. The van der Waals surface area contributed by atoms with Crippen molar-refractivity contribution in [3.8, 4) is 0 Å². The number of para-hydroxylation sites is 1. The van der Waals surface area contributed by atoms with Crippen LogP contribution in [0.2, 0.25) is 5.02 Å². The molecule has 2 N–H and O–H groups in total. The molecule has 1 aromatic heterocycles. The first-order chi connectivity index (χ1) is 13.9. The van der Waals surface area contributed by atoms with Crippen LogP contribution in [0.4, 0.5) is 5.69 Å². The van der Waals surface area contributed by atoms with E-state index in [2.05, 4.69) is 10.6 Å². The fourth-order valence-electron chi connectivity index (χ4n) is 3.28. The van der Waals surface area contributed by atoms with Crippen LogP contribution >= 0.6 is 22.9 Å². The molecule has 2 aromatic rings. The van der Waals surface area contributed by atoms with Crippen LogP contribution in [-0.2, 0) is 19.6 Å². The summed E-state index contributed by atoms with van der Waals surface area (Å²) in [6, 6.07) is 9.75. The number of anilines is 1. The molecule has 7 nitrogen and oxygen atoms in total. The SMILES string of the molecule is O=C(NCC[C@H]1CCCCN1S(=O)(=O)c1cccs1)C(=O)Nc1ccccc1Cl. The predicted octanol–water partition coefficient (Wildman–Crippen LogP) is 3.09. The third kappa shape index (κ3) is 5.36. The summed E-state index contributed by atoms with van der Waals surface area (Å²) < 4.78 is 27.6. The fourth-order valence-corrected chi connectivity index (χ4v) is 6.31. The Morgan fingerprint density at radius 3 is 2.66 bits per heavy atom. The van der Waals surface area contributed by atoms with E-state index in [0.29, 0.717) is 27.9 Å². The number of benzene rings is 1. The maximum absolute atomic E-state index is 12.9. The third-order valence-corrected chi connectivity index (χ3v) is 8.38. The second kappa shape index (κ2) is 9.71. The van der Waals surface area contributed by atoms with E-state index in [4.69, 9.17) is 11.6 Å². The first-order valence-corrected chi connectivity index (χ1v) is 12.0. The monoisotopic (exact) mass is 455 g/mol. The molecule has 0 spiro atoms. The molecule has 0 bridgehead atoms. The van der Waals surface area contributed by atoms with Crippen LogP contribution in [0.1, 0.15) is 25.7 Å². The zero-order chi connectivity index (χ0) is 20.9. The van der Waals surface area contributed by atoms with Crippen molar-refractivity contribution < 1.29 is 18.0 Å². The average Bonchev–Trinajstić information content (AvgIpc) is 3.25. The smallest absolute Gasteiger partial charge is 0.313 e. The Hall–Kier alpha value is -1.94. The van der Waals surface area contributed by atoms with E-state index >= 15 is 0 Å². The molecule has 10 heteroatoms.